The van der Waals surface area contributed by atoms with Crippen molar-refractivity contribution in [3.8, 4) is 0 Å². The topological polar surface area (TPSA) is 38.5 Å². The van der Waals surface area contributed by atoms with Crippen molar-refractivity contribution >= 4 is 0 Å². The molecule has 0 bridgehead atoms. The zero-order chi connectivity index (χ0) is 11.2. The molecule has 6 heteroatoms. The zero-order valence-electron chi connectivity index (χ0n) is 8.47. The van der Waals surface area contributed by atoms with Gasteiger partial charge >= 0.3 is 6.18 Å². The maximum absolute atomic E-state index is 11.8. The van der Waals surface area contributed by atoms with Gasteiger partial charge in [-0.1, -0.05) is 0 Å². The summed E-state index contributed by atoms with van der Waals surface area (Å²) in [5.41, 5.74) is 5.34. The first-order valence-electron chi connectivity index (χ1n) is 4.37. The molecule has 0 spiro atoms. The van der Waals surface area contributed by atoms with Crippen LogP contribution >= 0.6 is 0 Å². The number of hydrogen-bond acceptors (Lipinski definition) is 3. The lowest BCUT2D eigenvalue weighted by molar-refractivity contribution is -0.138. The molecule has 0 amide bonds. The van der Waals surface area contributed by atoms with Crippen LogP contribution in [0.4, 0.5) is 13.2 Å². The third-order valence-corrected chi connectivity index (χ3v) is 1.89. The van der Waals surface area contributed by atoms with E-state index in [4.69, 9.17) is 10.5 Å². The zero-order valence-corrected chi connectivity index (χ0v) is 8.47. The predicted octanol–water partition coefficient (Wildman–Crippen LogP) is 0.844. The Morgan fingerprint density at radius 1 is 1.43 bits per heavy atom. The van der Waals surface area contributed by atoms with Gasteiger partial charge in [0.2, 0.25) is 0 Å². The molecular weight excluding hydrogens is 197 g/mol. The average molecular weight is 214 g/mol. The van der Waals surface area contributed by atoms with Crippen molar-refractivity contribution in [2.45, 2.75) is 18.7 Å². The normalized spacial score (nSPS) is 14.8. The standard InChI is InChI=1S/C8H17F3N2O/c1-13(4-3-8(9,10)11)6-7(5-12)14-2/h7H,3-6,12H2,1-2H3. The number of methoxy groups -OCH3 is 1. The Morgan fingerprint density at radius 2 is 2.00 bits per heavy atom. The van der Waals surface area contributed by atoms with Crippen molar-refractivity contribution < 1.29 is 17.9 Å². The Balaban J connectivity index is 3.69. The maximum atomic E-state index is 11.8. The van der Waals surface area contributed by atoms with Crippen LogP contribution < -0.4 is 5.73 Å². The van der Waals surface area contributed by atoms with Gasteiger partial charge < -0.3 is 15.4 Å². The van der Waals surface area contributed by atoms with Crippen LogP contribution in [0.5, 0.6) is 0 Å². The summed E-state index contributed by atoms with van der Waals surface area (Å²) in [5, 5.41) is 0. The highest BCUT2D eigenvalue weighted by atomic mass is 19.4. The third-order valence-electron chi connectivity index (χ3n) is 1.89. The number of hydrogen-bond donors (Lipinski definition) is 1. The molecular formula is C8H17F3N2O. The summed E-state index contributed by atoms with van der Waals surface area (Å²) < 4.78 is 40.5. The lowest BCUT2D eigenvalue weighted by atomic mass is 10.3. The van der Waals surface area contributed by atoms with E-state index in [-0.39, 0.29) is 12.6 Å². The van der Waals surface area contributed by atoms with E-state index in [0.29, 0.717) is 13.1 Å². The fraction of sp³-hybridized carbons (Fsp3) is 1.00. The molecule has 0 aromatic rings. The Kier molecular flexibility index (Phi) is 6.06. The van der Waals surface area contributed by atoms with Crippen molar-refractivity contribution in [1.29, 1.82) is 0 Å². The van der Waals surface area contributed by atoms with Crippen molar-refractivity contribution in [3.05, 3.63) is 0 Å². The molecule has 14 heavy (non-hydrogen) atoms. The largest absolute Gasteiger partial charge is 0.390 e. The van der Waals surface area contributed by atoms with Crippen molar-refractivity contribution in [3.63, 3.8) is 0 Å². The maximum Gasteiger partial charge on any atom is 0.390 e. The SMILES string of the molecule is COC(CN)CN(C)CCC(F)(F)F. The molecule has 0 saturated carbocycles. The van der Waals surface area contributed by atoms with Crippen LogP contribution in [0.15, 0.2) is 0 Å². The van der Waals surface area contributed by atoms with Gasteiger partial charge in [-0.15, -0.1) is 0 Å². The molecule has 0 radical (unpaired) electrons. The van der Waals surface area contributed by atoms with Gasteiger partial charge in [0.15, 0.2) is 0 Å². The summed E-state index contributed by atoms with van der Waals surface area (Å²) in [7, 11) is 3.11. The van der Waals surface area contributed by atoms with E-state index in [1.807, 2.05) is 0 Å². The minimum Gasteiger partial charge on any atom is -0.379 e. The summed E-state index contributed by atoms with van der Waals surface area (Å²) in [6, 6.07) is 0. The van der Waals surface area contributed by atoms with Crippen LogP contribution in [0.25, 0.3) is 0 Å². The fourth-order valence-electron chi connectivity index (χ4n) is 1.00. The van der Waals surface area contributed by atoms with Crippen LogP contribution in [0.2, 0.25) is 0 Å². The number of alkyl halides is 3. The molecule has 3 nitrogen and oxygen atoms in total. The number of likely N-dealkylation sites (N-methyl/N-ethyl adjacent to an activating group) is 1. The van der Waals surface area contributed by atoms with Gasteiger partial charge in [0.05, 0.1) is 12.5 Å². The molecule has 86 valence electrons. The molecule has 0 rings (SSSR count). The highest BCUT2D eigenvalue weighted by molar-refractivity contribution is 4.64. The Hall–Kier alpha value is -0.330. The van der Waals surface area contributed by atoms with Crippen molar-refractivity contribution in [2.75, 3.05) is 33.8 Å². The van der Waals surface area contributed by atoms with E-state index in [9.17, 15) is 13.2 Å². The number of nitrogens with two attached hydrogens (primary N) is 1. The summed E-state index contributed by atoms with van der Waals surface area (Å²) in [6.45, 7) is 0.708. The monoisotopic (exact) mass is 214 g/mol. The van der Waals surface area contributed by atoms with Gasteiger partial charge in [-0.25, -0.2) is 0 Å². The first-order valence-corrected chi connectivity index (χ1v) is 4.37. The molecule has 0 fully saturated rings. The average Bonchev–Trinajstić information content (AvgIpc) is 2.09. The summed E-state index contributed by atoms with van der Waals surface area (Å²) >= 11 is 0. The second-order valence-corrected chi connectivity index (χ2v) is 3.22. The molecule has 0 aromatic carbocycles. The molecule has 0 aliphatic carbocycles. The van der Waals surface area contributed by atoms with Gasteiger partial charge in [0.1, 0.15) is 0 Å². The van der Waals surface area contributed by atoms with Gasteiger partial charge in [-0.05, 0) is 7.05 Å². The van der Waals surface area contributed by atoms with Gasteiger partial charge in [0, 0.05) is 26.7 Å². The fourth-order valence-corrected chi connectivity index (χ4v) is 1.00. The molecule has 1 unspecified atom stereocenters. The summed E-state index contributed by atoms with van der Waals surface area (Å²) in [4.78, 5) is 1.56. The second-order valence-electron chi connectivity index (χ2n) is 3.22. The number of nitrogens with zero attached hydrogens (tertiary/aromatic N) is 1. The Morgan fingerprint density at radius 3 is 2.36 bits per heavy atom. The quantitative estimate of drug-likeness (QED) is 0.712. The highest BCUT2D eigenvalue weighted by Crippen LogP contribution is 2.19. The first kappa shape index (κ1) is 13.7. The van der Waals surface area contributed by atoms with Crippen LogP contribution in [0.3, 0.4) is 0 Å². The highest BCUT2D eigenvalue weighted by Gasteiger charge is 2.27. The number of ether oxygens (including phenoxy) is 1. The lowest BCUT2D eigenvalue weighted by Gasteiger charge is -2.22. The van der Waals surface area contributed by atoms with E-state index in [0.717, 1.165) is 0 Å². The van der Waals surface area contributed by atoms with Gasteiger partial charge in [-0.2, -0.15) is 13.2 Å². The minimum absolute atomic E-state index is 0.0244. The van der Waals surface area contributed by atoms with E-state index >= 15 is 0 Å². The van der Waals surface area contributed by atoms with Gasteiger partial charge in [-0.3, -0.25) is 0 Å². The molecule has 0 aromatic heterocycles. The third kappa shape index (κ3) is 7.11. The molecule has 0 aliphatic rings. The smallest absolute Gasteiger partial charge is 0.379 e. The van der Waals surface area contributed by atoms with E-state index in [2.05, 4.69) is 0 Å². The second kappa shape index (κ2) is 6.21. The first-order chi connectivity index (χ1) is 6.39. The van der Waals surface area contributed by atoms with Crippen LogP contribution in [0.1, 0.15) is 6.42 Å². The van der Waals surface area contributed by atoms with Gasteiger partial charge in [0.25, 0.3) is 0 Å². The van der Waals surface area contributed by atoms with E-state index in [1.165, 1.54) is 7.11 Å². The predicted molar refractivity (Wildman–Crippen MR) is 48.0 cm³/mol. The number of rotatable bonds is 6. The number of halogens is 3. The Labute approximate surface area is 82.0 Å². The summed E-state index contributed by atoms with van der Waals surface area (Å²) in [5.74, 6) is 0. The lowest BCUT2D eigenvalue weighted by Crippen LogP contribution is -2.37. The molecule has 2 N–H and O–H groups in total. The van der Waals surface area contributed by atoms with Crippen LogP contribution in [-0.2, 0) is 4.74 Å². The van der Waals surface area contributed by atoms with Crippen LogP contribution in [0, 0.1) is 0 Å². The minimum atomic E-state index is -4.10. The van der Waals surface area contributed by atoms with Crippen molar-refractivity contribution in [2.24, 2.45) is 5.73 Å². The molecule has 1 atom stereocenters. The molecule has 0 heterocycles. The van der Waals surface area contributed by atoms with Crippen molar-refractivity contribution in [1.82, 2.24) is 4.90 Å². The molecule has 0 saturated heterocycles. The van der Waals surface area contributed by atoms with Crippen LogP contribution in [-0.4, -0.2) is 51.0 Å². The molecule has 0 aliphatic heterocycles. The van der Waals surface area contributed by atoms with E-state index in [1.54, 1.807) is 11.9 Å². The Bertz CT molecular complexity index is 148. The van der Waals surface area contributed by atoms with E-state index < -0.39 is 12.6 Å². The summed E-state index contributed by atoms with van der Waals surface area (Å²) in [6.07, 6.45) is -5.10.